The Morgan fingerprint density at radius 2 is 2.19 bits per heavy atom. The third-order valence-corrected chi connectivity index (χ3v) is 3.70. The number of benzene rings is 1. The Kier molecular flexibility index (Phi) is 3.94. The van der Waals surface area contributed by atoms with Gasteiger partial charge in [-0.15, -0.1) is 0 Å². The van der Waals surface area contributed by atoms with Crippen LogP contribution in [0.15, 0.2) is 53.3 Å². The minimum Gasteiger partial charge on any atom is -0.487 e. The number of fused-ring (bicyclic) bond motifs is 1. The van der Waals surface area contributed by atoms with E-state index in [9.17, 15) is 5.11 Å². The first-order chi connectivity index (χ1) is 10.1. The highest BCUT2D eigenvalue weighted by molar-refractivity contribution is 9.10. The number of aromatic nitrogens is 2. The predicted octanol–water partition coefficient (Wildman–Crippen LogP) is 3.73. The van der Waals surface area contributed by atoms with E-state index in [4.69, 9.17) is 4.74 Å². The molecule has 1 N–H and O–H groups in total. The van der Waals surface area contributed by atoms with Crippen molar-refractivity contribution in [3.63, 3.8) is 0 Å². The molecule has 1 unspecified atom stereocenters. The van der Waals surface area contributed by atoms with Crippen LogP contribution in [0, 0.1) is 0 Å². The summed E-state index contributed by atoms with van der Waals surface area (Å²) in [6, 6.07) is 11.5. The van der Waals surface area contributed by atoms with Gasteiger partial charge < -0.3 is 14.2 Å². The zero-order valence-corrected chi connectivity index (χ0v) is 13.1. The first-order valence-corrected chi connectivity index (χ1v) is 7.46. The van der Waals surface area contributed by atoms with Gasteiger partial charge in [-0.3, -0.25) is 0 Å². The van der Waals surface area contributed by atoms with Crippen molar-refractivity contribution in [3.8, 4) is 5.75 Å². The fraction of sp³-hybridized carbons (Fsp3) is 0.188. The maximum Gasteiger partial charge on any atom is 0.137 e. The average Bonchev–Trinajstić information content (AvgIpc) is 2.88. The fourth-order valence-corrected chi connectivity index (χ4v) is 2.56. The number of ether oxygens (including phenoxy) is 1. The predicted molar refractivity (Wildman–Crippen MR) is 84.3 cm³/mol. The van der Waals surface area contributed by atoms with Crippen LogP contribution in [0.4, 0.5) is 0 Å². The lowest BCUT2D eigenvalue weighted by molar-refractivity contribution is 0.190. The number of halogens is 1. The fourth-order valence-electron chi connectivity index (χ4n) is 2.19. The van der Waals surface area contributed by atoms with Crippen LogP contribution in [-0.2, 0) is 6.61 Å². The van der Waals surface area contributed by atoms with Gasteiger partial charge >= 0.3 is 0 Å². The summed E-state index contributed by atoms with van der Waals surface area (Å²) in [6.07, 6.45) is 3.31. The Bertz CT molecular complexity index is 735. The van der Waals surface area contributed by atoms with Crippen molar-refractivity contribution in [2.75, 3.05) is 0 Å². The molecular formula is C16H15BrN2O2. The summed E-state index contributed by atoms with van der Waals surface area (Å²) < 4.78 is 8.68. The van der Waals surface area contributed by atoms with Crippen LogP contribution in [0.25, 0.3) is 5.65 Å². The Balaban J connectivity index is 1.81. The molecule has 21 heavy (non-hydrogen) atoms. The van der Waals surface area contributed by atoms with E-state index in [-0.39, 0.29) is 0 Å². The molecular weight excluding hydrogens is 332 g/mol. The number of aliphatic hydroxyl groups is 1. The van der Waals surface area contributed by atoms with Gasteiger partial charge in [-0.1, -0.05) is 22.0 Å². The molecule has 0 aliphatic rings. The van der Waals surface area contributed by atoms with E-state index in [1.165, 1.54) is 0 Å². The number of nitrogens with zero attached hydrogens (tertiary/aromatic N) is 2. The summed E-state index contributed by atoms with van der Waals surface area (Å²) in [7, 11) is 0. The molecule has 0 radical (unpaired) electrons. The number of aliphatic hydroxyl groups excluding tert-OH is 1. The Morgan fingerprint density at radius 3 is 2.95 bits per heavy atom. The first-order valence-electron chi connectivity index (χ1n) is 6.66. The van der Waals surface area contributed by atoms with Crippen molar-refractivity contribution >= 4 is 21.6 Å². The topological polar surface area (TPSA) is 46.8 Å². The molecule has 0 saturated heterocycles. The van der Waals surface area contributed by atoms with E-state index in [1.54, 1.807) is 6.92 Å². The molecule has 0 saturated carbocycles. The SMILES string of the molecule is CC(O)c1cc(Br)ccc1OCc1cn2ccccc2n1. The molecule has 0 aliphatic heterocycles. The lowest BCUT2D eigenvalue weighted by atomic mass is 10.1. The molecule has 1 aromatic carbocycles. The second kappa shape index (κ2) is 5.87. The smallest absolute Gasteiger partial charge is 0.137 e. The van der Waals surface area contributed by atoms with Gasteiger partial charge in [0.25, 0.3) is 0 Å². The highest BCUT2D eigenvalue weighted by atomic mass is 79.9. The largest absolute Gasteiger partial charge is 0.487 e. The standard InChI is InChI=1S/C16H15BrN2O2/c1-11(20)14-8-12(17)5-6-15(14)21-10-13-9-19-7-3-2-4-16(19)18-13/h2-9,11,20H,10H2,1H3. The monoisotopic (exact) mass is 346 g/mol. The summed E-state index contributed by atoms with van der Waals surface area (Å²) in [4.78, 5) is 4.49. The molecule has 4 nitrogen and oxygen atoms in total. The van der Waals surface area contributed by atoms with Gasteiger partial charge in [0.2, 0.25) is 0 Å². The molecule has 108 valence electrons. The van der Waals surface area contributed by atoms with Crippen molar-refractivity contribution in [3.05, 3.63) is 64.5 Å². The molecule has 5 heteroatoms. The molecule has 0 amide bonds. The van der Waals surface area contributed by atoms with Gasteiger partial charge in [0.15, 0.2) is 0 Å². The lowest BCUT2D eigenvalue weighted by Gasteiger charge is -2.13. The van der Waals surface area contributed by atoms with E-state index in [0.29, 0.717) is 12.4 Å². The molecule has 0 spiro atoms. The van der Waals surface area contributed by atoms with Crippen LogP contribution in [-0.4, -0.2) is 14.5 Å². The van der Waals surface area contributed by atoms with Crippen LogP contribution in [0.3, 0.4) is 0 Å². The summed E-state index contributed by atoms with van der Waals surface area (Å²) in [6.45, 7) is 2.09. The summed E-state index contributed by atoms with van der Waals surface area (Å²) in [5, 5.41) is 9.82. The van der Waals surface area contributed by atoms with Gasteiger partial charge in [-0.25, -0.2) is 4.98 Å². The van der Waals surface area contributed by atoms with E-state index in [2.05, 4.69) is 20.9 Å². The van der Waals surface area contributed by atoms with E-state index in [1.807, 2.05) is 53.2 Å². The molecule has 0 fully saturated rings. The van der Waals surface area contributed by atoms with Crippen LogP contribution in [0.5, 0.6) is 5.75 Å². The average molecular weight is 347 g/mol. The highest BCUT2D eigenvalue weighted by Gasteiger charge is 2.11. The third-order valence-electron chi connectivity index (χ3n) is 3.21. The number of hydrogen-bond donors (Lipinski definition) is 1. The van der Waals surface area contributed by atoms with Crippen molar-refractivity contribution in [2.45, 2.75) is 19.6 Å². The first kappa shape index (κ1) is 14.1. The Hall–Kier alpha value is -1.85. The number of hydrogen-bond acceptors (Lipinski definition) is 3. The zero-order chi connectivity index (χ0) is 14.8. The highest BCUT2D eigenvalue weighted by Crippen LogP contribution is 2.29. The second-order valence-corrected chi connectivity index (χ2v) is 5.76. The van der Waals surface area contributed by atoms with Crippen LogP contribution in [0.2, 0.25) is 0 Å². The minimum absolute atomic E-state index is 0.364. The zero-order valence-electron chi connectivity index (χ0n) is 11.5. The van der Waals surface area contributed by atoms with Crippen molar-refractivity contribution in [1.29, 1.82) is 0 Å². The van der Waals surface area contributed by atoms with Crippen molar-refractivity contribution in [2.24, 2.45) is 0 Å². The molecule has 2 aromatic heterocycles. The minimum atomic E-state index is -0.585. The third kappa shape index (κ3) is 3.09. The van der Waals surface area contributed by atoms with Crippen LogP contribution < -0.4 is 4.74 Å². The maximum absolute atomic E-state index is 9.82. The summed E-state index contributed by atoms with van der Waals surface area (Å²) >= 11 is 3.40. The number of pyridine rings is 1. The molecule has 3 aromatic rings. The van der Waals surface area contributed by atoms with Crippen molar-refractivity contribution in [1.82, 2.24) is 9.38 Å². The Morgan fingerprint density at radius 1 is 1.33 bits per heavy atom. The van der Waals surface area contributed by atoms with Crippen molar-refractivity contribution < 1.29 is 9.84 Å². The van der Waals surface area contributed by atoms with Gasteiger partial charge in [0, 0.05) is 22.4 Å². The van der Waals surface area contributed by atoms with Crippen LogP contribution in [0.1, 0.15) is 24.3 Å². The normalized spacial score (nSPS) is 12.5. The summed E-state index contributed by atoms with van der Waals surface area (Å²) in [5.74, 6) is 0.672. The molecule has 3 rings (SSSR count). The number of imidazole rings is 1. The quantitative estimate of drug-likeness (QED) is 0.782. The molecule has 1 atom stereocenters. The van der Waals surface area contributed by atoms with E-state index >= 15 is 0 Å². The Labute approximate surface area is 131 Å². The molecule has 0 aliphatic carbocycles. The van der Waals surface area contributed by atoms with Crippen LogP contribution >= 0.6 is 15.9 Å². The van der Waals surface area contributed by atoms with E-state index < -0.39 is 6.10 Å². The lowest BCUT2D eigenvalue weighted by Crippen LogP contribution is -2.01. The second-order valence-electron chi connectivity index (χ2n) is 4.85. The van der Waals surface area contributed by atoms with Gasteiger partial charge in [0.05, 0.1) is 11.8 Å². The summed E-state index contributed by atoms with van der Waals surface area (Å²) in [5.41, 5.74) is 2.50. The van der Waals surface area contributed by atoms with Gasteiger partial charge in [-0.05, 0) is 37.3 Å². The van der Waals surface area contributed by atoms with Gasteiger partial charge in [0.1, 0.15) is 18.0 Å². The molecule has 2 heterocycles. The van der Waals surface area contributed by atoms with Gasteiger partial charge in [-0.2, -0.15) is 0 Å². The number of rotatable bonds is 4. The van der Waals surface area contributed by atoms with E-state index in [0.717, 1.165) is 21.4 Å². The molecule has 0 bridgehead atoms. The maximum atomic E-state index is 9.82.